The van der Waals surface area contributed by atoms with E-state index < -0.39 is 15.4 Å². The van der Waals surface area contributed by atoms with Gasteiger partial charge in [0.05, 0.1) is 5.25 Å². The summed E-state index contributed by atoms with van der Waals surface area (Å²) in [5.41, 5.74) is 0. The van der Waals surface area contributed by atoms with Crippen LogP contribution in [-0.2, 0) is 10.1 Å². The fraction of sp³-hybridized carbons (Fsp3) is 1.00. The molecule has 0 aliphatic rings. The van der Waals surface area contributed by atoms with E-state index in [1.165, 1.54) is 6.92 Å². The molecule has 64 valence electrons. The second-order valence-corrected chi connectivity index (χ2v) is 4.42. The fourth-order valence-corrected chi connectivity index (χ4v) is 1.09. The number of rotatable bonds is 3. The Kier molecular flexibility index (Phi) is 7.20. The molecule has 0 aromatic carbocycles. The molecule has 0 saturated heterocycles. The third-order valence-corrected chi connectivity index (χ3v) is 2.30. The van der Waals surface area contributed by atoms with Crippen molar-refractivity contribution in [3.63, 3.8) is 0 Å². The van der Waals surface area contributed by atoms with Crippen molar-refractivity contribution in [1.82, 2.24) is 4.90 Å². The summed E-state index contributed by atoms with van der Waals surface area (Å²) in [6, 6.07) is 0. The predicted molar refractivity (Wildman–Crippen MR) is 46.7 cm³/mol. The van der Waals surface area contributed by atoms with Crippen LogP contribution in [0.25, 0.3) is 0 Å². The van der Waals surface area contributed by atoms with Crippen LogP contribution in [-0.4, -0.2) is 73.3 Å². The summed E-state index contributed by atoms with van der Waals surface area (Å²) in [6.07, 6.45) is 0. The van der Waals surface area contributed by atoms with E-state index in [-0.39, 0.29) is 29.6 Å². The van der Waals surface area contributed by atoms with E-state index in [1.54, 1.807) is 19.0 Å². The molecule has 4 nitrogen and oxygen atoms in total. The molecule has 11 heavy (non-hydrogen) atoms. The SMILES string of the molecule is CC(CN(C)C)S(=O)(=O)O.[NaH]. The number of hydrogen-bond donors (Lipinski definition) is 1. The van der Waals surface area contributed by atoms with Crippen LogP contribution in [0.1, 0.15) is 6.92 Å². The van der Waals surface area contributed by atoms with Gasteiger partial charge in [-0.15, -0.1) is 0 Å². The van der Waals surface area contributed by atoms with Crippen molar-refractivity contribution in [2.75, 3.05) is 20.6 Å². The Morgan fingerprint density at radius 2 is 1.82 bits per heavy atom. The van der Waals surface area contributed by atoms with Gasteiger partial charge in [0.2, 0.25) is 0 Å². The Morgan fingerprint density at radius 3 is 1.91 bits per heavy atom. The second kappa shape index (κ2) is 5.50. The molecule has 0 spiro atoms. The molecule has 1 unspecified atom stereocenters. The Hall–Kier alpha value is 0.870. The summed E-state index contributed by atoms with van der Waals surface area (Å²) < 4.78 is 29.3. The van der Waals surface area contributed by atoms with Gasteiger partial charge in [-0.05, 0) is 21.0 Å². The van der Waals surface area contributed by atoms with Crippen LogP contribution in [0.15, 0.2) is 0 Å². The third kappa shape index (κ3) is 7.24. The zero-order chi connectivity index (χ0) is 8.36. The molecule has 0 saturated carbocycles. The molecule has 0 aliphatic carbocycles. The van der Waals surface area contributed by atoms with E-state index in [0.29, 0.717) is 6.54 Å². The molecule has 0 radical (unpaired) electrons. The van der Waals surface area contributed by atoms with E-state index in [2.05, 4.69) is 0 Å². The Bertz CT molecular complexity index is 190. The van der Waals surface area contributed by atoms with Crippen molar-refractivity contribution in [2.45, 2.75) is 12.2 Å². The standard InChI is InChI=1S/C5H13NO3S.Na.H/c1-5(4-6(2)3)10(7,8)9;;/h5H,4H2,1-3H3,(H,7,8,9);;. The van der Waals surface area contributed by atoms with Crippen LogP contribution in [0.3, 0.4) is 0 Å². The van der Waals surface area contributed by atoms with Crippen LogP contribution in [0.5, 0.6) is 0 Å². The van der Waals surface area contributed by atoms with E-state index in [0.717, 1.165) is 0 Å². The quantitative estimate of drug-likeness (QED) is 0.467. The first-order valence-corrected chi connectivity index (χ1v) is 4.45. The zero-order valence-corrected chi connectivity index (χ0v) is 7.22. The van der Waals surface area contributed by atoms with Gasteiger partial charge in [-0.25, -0.2) is 0 Å². The third-order valence-electron chi connectivity index (χ3n) is 1.13. The molecule has 6 heteroatoms. The molecule has 0 aliphatic heterocycles. The molecule has 0 aromatic rings. The molecule has 0 rings (SSSR count). The van der Waals surface area contributed by atoms with E-state index in [4.69, 9.17) is 4.55 Å². The van der Waals surface area contributed by atoms with E-state index in [9.17, 15) is 8.42 Å². The molecular formula is C5H14NNaO3S. The monoisotopic (exact) mass is 191 g/mol. The Balaban J connectivity index is 0. The average Bonchev–Trinajstić information content (AvgIpc) is 1.60. The average molecular weight is 191 g/mol. The fourth-order valence-electron chi connectivity index (χ4n) is 0.608. The molecule has 0 fully saturated rings. The van der Waals surface area contributed by atoms with Gasteiger partial charge in [0.1, 0.15) is 0 Å². The molecule has 0 aromatic heterocycles. The van der Waals surface area contributed by atoms with E-state index >= 15 is 0 Å². The van der Waals surface area contributed by atoms with Crippen LogP contribution in [0.2, 0.25) is 0 Å². The zero-order valence-electron chi connectivity index (χ0n) is 6.40. The van der Waals surface area contributed by atoms with Crippen molar-refractivity contribution < 1.29 is 13.0 Å². The number of nitrogens with zero attached hydrogens (tertiary/aromatic N) is 1. The summed E-state index contributed by atoms with van der Waals surface area (Å²) in [6.45, 7) is 1.81. The van der Waals surface area contributed by atoms with Gasteiger partial charge in [0.25, 0.3) is 10.1 Å². The van der Waals surface area contributed by atoms with Crippen molar-refractivity contribution in [3.05, 3.63) is 0 Å². The van der Waals surface area contributed by atoms with Gasteiger partial charge >= 0.3 is 29.6 Å². The normalized spacial score (nSPS) is 14.3. The first kappa shape index (κ1) is 14.4. The first-order chi connectivity index (χ1) is 4.34. The van der Waals surface area contributed by atoms with Crippen molar-refractivity contribution in [3.8, 4) is 0 Å². The van der Waals surface area contributed by atoms with Gasteiger partial charge in [-0.2, -0.15) is 8.42 Å². The van der Waals surface area contributed by atoms with Gasteiger partial charge in [0, 0.05) is 6.54 Å². The van der Waals surface area contributed by atoms with Gasteiger partial charge in [0.15, 0.2) is 0 Å². The molecule has 1 N–H and O–H groups in total. The first-order valence-electron chi connectivity index (χ1n) is 2.95. The summed E-state index contributed by atoms with van der Waals surface area (Å²) in [7, 11) is -0.336. The van der Waals surface area contributed by atoms with Crippen molar-refractivity contribution in [2.24, 2.45) is 0 Å². The topological polar surface area (TPSA) is 57.6 Å². The van der Waals surface area contributed by atoms with Crippen LogP contribution < -0.4 is 0 Å². The summed E-state index contributed by atoms with van der Waals surface area (Å²) in [5, 5.41) is -0.706. The molecular weight excluding hydrogens is 177 g/mol. The van der Waals surface area contributed by atoms with Gasteiger partial charge < -0.3 is 4.90 Å². The minimum atomic E-state index is -3.84. The molecule has 0 heterocycles. The maximum atomic E-state index is 10.4. The molecule has 0 bridgehead atoms. The van der Waals surface area contributed by atoms with E-state index in [1.807, 2.05) is 0 Å². The van der Waals surface area contributed by atoms with Crippen molar-refractivity contribution in [1.29, 1.82) is 0 Å². The summed E-state index contributed by atoms with van der Waals surface area (Å²) in [5.74, 6) is 0. The Morgan fingerprint density at radius 1 is 1.45 bits per heavy atom. The van der Waals surface area contributed by atoms with Gasteiger partial charge in [-0.3, -0.25) is 4.55 Å². The summed E-state index contributed by atoms with van der Waals surface area (Å²) >= 11 is 0. The van der Waals surface area contributed by atoms with Crippen LogP contribution in [0, 0.1) is 0 Å². The summed E-state index contributed by atoms with van der Waals surface area (Å²) in [4.78, 5) is 1.71. The number of hydrogen-bond acceptors (Lipinski definition) is 3. The Labute approximate surface area is 90.0 Å². The molecule has 1 atom stereocenters. The van der Waals surface area contributed by atoms with Crippen LogP contribution in [0.4, 0.5) is 0 Å². The predicted octanol–water partition coefficient (Wildman–Crippen LogP) is -0.824. The molecule has 0 amide bonds. The van der Waals surface area contributed by atoms with Crippen molar-refractivity contribution >= 4 is 39.7 Å². The maximum absolute atomic E-state index is 10.4. The van der Waals surface area contributed by atoms with Gasteiger partial charge in [-0.1, -0.05) is 0 Å². The second-order valence-electron chi connectivity index (χ2n) is 2.59. The minimum absolute atomic E-state index is 0. The van der Waals surface area contributed by atoms with Crippen LogP contribution >= 0.6 is 0 Å².